The van der Waals surface area contributed by atoms with E-state index in [2.05, 4.69) is 25.6 Å². The number of amides is 1. The number of imidazole rings is 1. The molecule has 1 saturated heterocycles. The van der Waals surface area contributed by atoms with E-state index in [4.69, 9.17) is 0 Å². The molecule has 0 radical (unpaired) electrons. The first-order valence-electron chi connectivity index (χ1n) is 10.2. The fourth-order valence-corrected chi connectivity index (χ4v) is 4.23. The predicted octanol–water partition coefficient (Wildman–Crippen LogP) is 2.50. The van der Waals surface area contributed by atoms with Gasteiger partial charge in [0.1, 0.15) is 11.2 Å². The maximum atomic E-state index is 13.2. The van der Waals surface area contributed by atoms with Crippen molar-refractivity contribution in [3.05, 3.63) is 53.6 Å². The molecule has 2 N–H and O–H groups in total. The summed E-state index contributed by atoms with van der Waals surface area (Å²) in [5.41, 5.74) is 6.02. The highest BCUT2D eigenvalue weighted by Gasteiger charge is 2.20. The van der Waals surface area contributed by atoms with Crippen LogP contribution in [0.25, 0.3) is 16.6 Å². The van der Waals surface area contributed by atoms with Crippen molar-refractivity contribution in [1.82, 2.24) is 24.5 Å². The van der Waals surface area contributed by atoms with Crippen LogP contribution in [0.1, 0.15) is 21.6 Å². The Balaban J connectivity index is 1.51. The van der Waals surface area contributed by atoms with E-state index in [-0.39, 0.29) is 5.91 Å². The lowest BCUT2D eigenvalue weighted by Crippen LogP contribution is -2.43. The zero-order valence-electron chi connectivity index (χ0n) is 17.4. The molecule has 0 bridgehead atoms. The van der Waals surface area contributed by atoms with E-state index >= 15 is 0 Å². The van der Waals surface area contributed by atoms with Gasteiger partial charge in [-0.15, -0.1) is 0 Å². The molecule has 154 valence electrons. The Morgan fingerprint density at radius 1 is 1.13 bits per heavy atom. The van der Waals surface area contributed by atoms with Gasteiger partial charge in [0.15, 0.2) is 0 Å². The maximum absolute atomic E-state index is 13.2. The van der Waals surface area contributed by atoms with Crippen molar-refractivity contribution in [2.75, 3.05) is 36.4 Å². The molecule has 1 amide bonds. The number of nitrogens with zero attached hydrogens (tertiary/aromatic N) is 5. The number of aromatic nitrogens is 4. The fourth-order valence-electron chi connectivity index (χ4n) is 4.23. The van der Waals surface area contributed by atoms with Crippen molar-refractivity contribution in [2.24, 2.45) is 7.05 Å². The Kier molecular flexibility index (Phi) is 4.43. The minimum atomic E-state index is -0.166. The highest BCUT2D eigenvalue weighted by atomic mass is 16.1. The van der Waals surface area contributed by atoms with Gasteiger partial charge in [0.25, 0.3) is 5.91 Å². The molecule has 4 heterocycles. The Hall–Kier alpha value is -3.39. The Labute approximate surface area is 174 Å². The summed E-state index contributed by atoms with van der Waals surface area (Å²) in [6, 6.07) is 5.87. The number of anilines is 2. The number of fused-ring (bicyclic) bond motifs is 2. The number of rotatable bonds is 3. The number of hydrogen-bond donors (Lipinski definition) is 2. The molecule has 0 spiro atoms. The molecule has 0 atom stereocenters. The second-order valence-corrected chi connectivity index (χ2v) is 7.91. The molecular weight excluding hydrogens is 378 g/mol. The third kappa shape index (κ3) is 3.19. The van der Waals surface area contributed by atoms with E-state index in [9.17, 15) is 4.79 Å². The number of aryl methyl sites for hydroxylation is 3. The lowest BCUT2D eigenvalue weighted by molar-refractivity contribution is 0.102. The van der Waals surface area contributed by atoms with Crippen LogP contribution in [0.5, 0.6) is 0 Å². The predicted molar refractivity (Wildman–Crippen MR) is 118 cm³/mol. The molecule has 3 aromatic heterocycles. The van der Waals surface area contributed by atoms with Gasteiger partial charge < -0.3 is 19.9 Å². The first-order chi connectivity index (χ1) is 14.5. The molecule has 1 aromatic carbocycles. The standard InChI is InChI=1S/C22H25N7O/c1-14-10-16(12-29-11-15(2)24-21(14)29)25-22(30)17-4-5-19(28-8-6-23-7-9-28)18-13-27(3)26-20(17)18/h4-5,10-13,23H,6-9H2,1-3H3,(H,25,30). The SMILES string of the molecule is Cc1cn2cc(NC(=O)c3ccc(N4CCNCC4)c4cn(C)nc34)cc(C)c2n1. The molecule has 0 unspecified atom stereocenters. The van der Waals surface area contributed by atoms with Gasteiger partial charge in [0.05, 0.1) is 16.9 Å². The van der Waals surface area contributed by atoms with Crippen LogP contribution in [0.4, 0.5) is 11.4 Å². The molecule has 4 aromatic rings. The van der Waals surface area contributed by atoms with Crippen LogP contribution in [0.15, 0.2) is 36.8 Å². The number of hydrogen-bond acceptors (Lipinski definition) is 5. The largest absolute Gasteiger partial charge is 0.368 e. The summed E-state index contributed by atoms with van der Waals surface area (Å²) < 4.78 is 3.72. The summed E-state index contributed by atoms with van der Waals surface area (Å²) in [5, 5.41) is 12.0. The van der Waals surface area contributed by atoms with Gasteiger partial charge in [-0.05, 0) is 37.6 Å². The summed E-state index contributed by atoms with van der Waals surface area (Å²) in [6.07, 6.45) is 5.84. The Morgan fingerprint density at radius 2 is 1.93 bits per heavy atom. The summed E-state index contributed by atoms with van der Waals surface area (Å²) in [5.74, 6) is -0.166. The molecule has 0 aliphatic carbocycles. The first kappa shape index (κ1) is 18.6. The minimum absolute atomic E-state index is 0.166. The van der Waals surface area contributed by atoms with Crippen LogP contribution < -0.4 is 15.5 Å². The zero-order valence-corrected chi connectivity index (χ0v) is 17.4. The van der Waals surface area contributed by atoms with Crippen LogP contribution in [-0.4, -0.2) is 51.3 Å². The zero-order chi connectivity index (χ0) is 20.8. The number of carbonyl (C=O) groups excluding carboxylic acids is 1. The minimum Gasteiger partial charge on any atom is -0.368 e. The number of carbonyl (C=O) groups is 1. The van der Waals surface area contributed by atoms with Crippen LogP contribution in [0, 0.1) is 13.8 Å². The summed E-state index contributed by atoms with van der Waals surface area (Å²) in [7, 11) is 1.89. The number of piperazine rings is 1. The van der Waals surface area contributed by atoms with Crippen molar-refractivity contribution in [3.8, 4) is 0 Å². The van der Waals surface area contributed by atoms with E-state index in [1.54, 1.807) is 4.68 Å². The third-order valence-electron chi connectivity index (χ3n) is 5.58. The van der Waals surface area contributed by atoms with E-state index in [0.717, 1.165) is 65.4 Å². The van der Waals surface area contributed by atoms with Crippen LogP contribution in [-0.2, 0) is 7.05 Å². The lowest BCUT2D eigenvalue weighted by atomic mass is 10.1. The molecule has 30 heavy (non-hydrogen) atoms. The molecular formula is C22H25N7O. The van der Waals surface area contributed by atoms with Crippen LogP contribution in [0.2, 0.25) is 0 Å². The van der Waals surface area contributed by atoms with E-state index < -0.39 is 0 Å². The summed E-state index contributed by atoms with van der Waals surface area (Å²) in [4.78, 5) is 20.0. The topological polar surface area (TPSA) is 79.5 Å². The molecule has 1 fully saturated rings. The quantitative estimate of drug-likeness (QED) is 0.550. The van der Waals surface area contributed by atoms with E-state index in [1.165, 1.54) is 0 Å². The second-order valence-electron chi connectivity index (χ2n) is 7.91. The van der Waals surface area contributed by atoms with Crippen molar-refractivity contribution in [2.45, 2.75) is 13.8 Å². The molecule has 0 saturated carbocycles. The maximum Gasteiger partial charge on any atom is 0.257 e. The first-order valence-corrected chi connectivity index (χ1v) is 10.2. The van der Waals surface area contributed by atoms with Crippen molar-refractivity contribution < 1.29 is 4.79 Å². The van der Waals surface area contributed by atoms with Gasteiger partial charge >= 0.3 is 0 Å². The molecule has 8 nitrogen and oxygen atoms in total. The fraction of sp³-hybridized carbons (Fsp3) is 0.318. The number of nitrogens with one attached hydrogen (secondary N) is 2. The smallest absolute Gasteiger partial charge is 0.257 e. The normalized spacial score (nSPS) is 14.6. The highest BCUT2D eigenvalue weighted by molar-refractivity contribution is 6.13. The number of pyridine rings is 1. The average molecular weight is 403 g/mol. The molecule has 5 rings (SSSR count). The lowest BCUT2D eigenvalue weighted by Gasteiger charge is -2.30. The average Bonchev–Trinajstić information content (AvgIpc) is 3.29. The number of benzene rings is 1. The van der Waals surface area contributed by atoms with E-state index in [1.807, 2.05) is 62.1 Å². The second kappa shape index (κ2) is 7.14. The summed E-state index contributed by atoms with van der Waals surface area (Å²) in [6.45, 7) is 7.76. The van der Waals surface area contributed by atoms with Gasteiger partial charge in [0, 0.05) is 62.9 Å². The van der Waals surface area contributed by atoms with Gasteiger partial charge in [-0.2, -0.15) is 5.10 Å². The summed E-state index contributed by atoms with van der Waals surface area (Å²) >= 11 is 0. The Bertz CT molecular complexity index is 1260. The van der Waals surface area contributed by atoms with Crippen LogP contribution in [0.3, 0.4) is 0 Å². The Morgan fingerprint density at radius 3 is 2.73 bits per heavy atom. The van der Waals surface area contributed by atoms with Gasteiger partial charge in [-0.1, -0.05) is 0 Å². The third-order valence-corrected chi connectivity index (χ3v) is 5.58. The van der Waals surface area contributed by atoms with Crippen molar-refractivity contribution in [3.63, 3.8) is 0 Å². The molecule has 8 heteroatoms. The van der Waals surface area contributed by atoms with Crippen molar-refractivity contribution in [1.29, 1.82) is 0 Å². The monoisotopic (exact) mass is 403 g/mol. The van der Waals surface area contributed by atoms with Gasteiger partial charge in [-0.25, -0.2) is 4.98 Å². The van der Waals surface area contributed by atoms with Gasteiger partial charge in [0.2, 0.25) is 0 Å². The van der Waals surface area contributed by atoms with E-state index in [0.29, 0.717) is 5.56 Å². The van der Waals surface area contributed by atoms with Crippen LogP contribution >= 0.6 is 0 Å². The highest BCUT2D eigenvalue weighted by Crippen LogP contribution is 2.30. The molecule has 1 aliphatic heterocycles. The van der Waals surface area contributed by atoms with Crippen molar-refractivity contribution >= 4 is 33.8 Å². The molecule has 1 aliphatic rings. The van der Waals surface area contributed by atoms with Gasteiger partial charge in [-0.3, -0.25) is 9.48 Å².